The third kappa shape index (κ3) is 5.21. The van der Waals surface area contributed by atoms with Crippen LogP contribution in [0.1, 0.15) is 30.9 Å². The maximum absolute atomic E-state index is 13.0. The van der Waals surface area contributed by atoms with Crippen molar-refractivity contribution in [2.75, 3.05) is 24.2 Å². The van der Waals surface area contributed by atoms with Crippen LogP contribution in [0.3, 0.4) is 0 Å². The number of piperidine rings is 1. The fraction of sp³-hybridized carbons (Fsp3) is 0.529. The first-order valence-electron chi connectivity index (χ1n) is 8.44. The van der Waals surface area contributed by atoms with Gasteiger partial charge in [-0.15, -0.1) is 0 Å². The van der Waals surface area contributed by atoms with Gasteiger partial charge in [0.15, 0.2) is 15.4 Å². The van der Waals surface area contributed by atoms with E-state index < -0.39 is 49.7 Å². The van der Waals surface area contributed by atoms with Crippen molar-refractivity contribution in [3.05, 3.63) is 29.3 Å². The fourth-order valence-electron chi connectivity index (χ4n) is 2.95. The van der Waals surface area contributed by atoms with Crippen molar-refractivity contribution in [3.8, 4) is 6.07 Å². The number of sulfone groups is 1. The summed E-state index contributed by atoms with van der Waals surface area (Å²) in [7, 11) is -3.79. The number of alkyl halides is 3. The lowest BCUT2D eigenvalue weighted by atomic mass is 10.1. The minimum Gasteiger partial charge on any atom is -0.379 e. The number of nitrogens with one attached hydrogen (secondary N) is 2. The molecule has 154 valence electrons. The standard InChI is InChI=1S/C17H20F3N3O4S/c1-16(25,10-28(26,27)13-4-6-22-7-5-13)15(24)23-12-3-2-11(9-21)14(8-12)17(18,19)20/h2-3,8,13,22,25H,4-7,10H2,1H3,(H,23,24)/t16-/m0/s1. The molecule has 3 N–H and O–H groups in total. The van der Waals surface area contributed by atoms with E-state index in [0.29, 0.717) is 32.0 Å². The number of aliphatic hydroxyl groups is 1. The minimum absolute atomic E-state index is 0.309. The van der Waals surface area contributed by atoms with Crippen molar-refractivity contribution in [1.82, 2.24) is 5.32 Å². The zero-order valence-corrected chi connectivity index (χ0v) is 15.8. The number of anilines is 1. The molecule has 1 heterocycles. The highest BCUT2D eigenvalue weighted by Gasteiger charge is 2.40. The SMILES string of the molecule is C[C@](O)(CS(=O)(=O)C1CCNCC1)C(=O)Nc1ccc(C#N)c(C(F)(F)F)c1. The number of carbonyl (C=O) groups is 1. The molecule has 1 aliphatic heterocycles. The number of carbonyl (C=O) groups excluding carboxylic acids is 1. The number of hydrogen-bond acceptors (Lipinski definition) is 6. The van der Waals surface area contributed by atoms with Crippen LogP contribution in [0.2, 0.25) is 0 Å². The fourth-order valence-corrected chi connectivity index (χ4v) is 5.05. The maximum Gasteiger partial charge on any atom is 0.417 e. The van der Waals surface area contributed by atoms with Crippen molar-refractivity contribution < 1.29 is 31.5 Å². The third-order valence-corrected chi connectivity index (χ3v) is 6.92. The molecule has 1 aliphatic rings. The number of rotatable bonds is 5. The molecule has 0 saturated carbocycles. The van der Waals surface area contributed by atoms with Gasteiger partial charge in [0, 0.05) is 5.69 Å². The average Bonchev–Trinajstić information content (AvgIpc) is 2.61. The van der Waals surface area contributed by atoms with Gasteiger partial charge in [0.1, 0.15) is 0 Å². The van der Waals surface area contributed by atoms with Crippen LogP contribution in [0.15, 0.2) is 18.2 Å². The second-order valence-electron chi connectivity index (χ2n) is 6.85. The van der Waals surface area contributed by atoms with E-state index in [1.807, 2.05) is 0 Å². The Labute approximate surface area is 160 Å². The van der Waals surface area contributed by atoms with Gasteiger partial charge in [0.2, 0.25) is 0 Å². The summed E-state index contributed by atoms with van der Waals surface area (Å²) < 4.78 is 64.0. The molecule has 0 unspecified atom stereocenters. The van der Waals surface area contributed by atoms with Gasteiger partial charge in [-0.2, -0.15) is 18.4 Å². The Balaban J connectivity index is 2.18. The number of nitrogens with zero attached hydrogens (tertiary/aromatic N) is 1. The van der Waals surface area contributed by atoms with Crippen LogP contribution in [0.5, 0.6) is 0 Å². The number of benzene rings is 1. The van der Waals surface area contributed by atoms with Crippen LogP contribution in [-0.4, -0.2) is 49.1 Å². The van der Waals surface area contributed by atoms with E-state index in [4.69, 9.17) is 5.26 Å². The van der Waals surface area contributed by atoms with Crippen molar-refractivity contribution in [1.29, 1.82) is 5.26 Å². The quantitative estimate of drug-likeness (QED) is 0.664. The second-order valence-corrected chi connectivity index (χ2v) is 9.14. The lowest BCUT2D eigenvalue weighted by Crippen LogP contribution is -2.49. The molecule has 1 aromatic rings. The molecule has 0 bridgehead atoms. The molecule has 1 saturated heterocycles. The van der Waals surface area contributed by atoms with Crippen molar-refractivity contribution in [2.45, 2.75) is 36.8 Å². The Kier molecular flexibility index (Phi) is 6.37. The maximum atomic E-state index is 13.0. The second kappa shape index (κ2) is 8.06. The normalized spacial score (nSPS) is 18.1. The highest BCUT2D eigenvalue weighted by molar-refractivity contribution is 7.92. The average molecular weight is 419 g/mol. The largest absolute Gasteiger partial charge is 0.417 e. The summed E-state index contributed by atoms with van der Waals surface area (Å²) in [5.41, 5.74) is -4.51. The summed E-state index contributed by atoms with van der Waals surface area (Å²) in [5.74, 6) is -2.00. The Morgan fingerprint density at radius 1 is 1.36 bits per heavy atom. The van der Waals surface area contributed by atoms with Crippen molar-refractivity contribution in [3.63, 3.8) is 0 Å². The van der Waals surface area contributed by atoms with E-state index in [-0.39, 0.29) is 5.69 Å². The van der Waals surface area contributed by atoms with Gasteiger partial charge in [0.05, 0.1) is 28.2 Å². The summed E-state index contributed by atoms with van der Waals surface area (Å²) >= 11 is 0. The van der Waals surface area contributed by atoms with Gasteiger partial charge in [-0.1, -0.05) is 0 Å². The predicted molar refractivity (Wildman–Crippen MR) is 95.1 cm³/mol. The molecule has 1 fully saturated rings. The number of nitriles is 1. The molecule has 0 spiro atoms. The number of halogens is 3. The summed E-state index contributed by atoms with van der Waals surface area (Å²) in [6.45, 7) is 2.00. The Bertz CT molecular complexity index is 886. The van der Waals surface area contributed by atoms with Crippen LogP contribution in [0.25, 0.3) is 0 Å². The summed E-state index contributed by atoms with van der Waals surface area (Å²) in [6, 6.07) is 3.94. The summed E-state index contributed by atoms with van der Waals surface area (Å²) in [5, 5.41) is 23.6. The molecule has 0 aromatic heterocycles. The van der Waals surface area contributed by atoms with E-state index in [2.05, 4.69) is 10.6 Å². The van der Waals surface area contributed by atoms with Gasteiger partial charge in [-0.25, -0.2) is 8.42 Å². The van der Waals surface area contributed by atoms with E-state index in [0.717, 1.165) is 19.1 Å². The number of hydrogen-bond donors (Lipinski definition) is 3. The van der Waals surface area contributed by atoms with E-state index in [1.165, 1.54) is 6.07 Å². The third-order valence-electron chi connectivity index (χ3n) is 4.47. The molecular weight excluding hydrogens is 399 g/mol. The van der Waals surface area contributed by atoms with E-state index >= 15 is 0 Å². The molecule has 1 aromatic carbocycles. The van der Waals surface area contributed by atoms with Crippen LogP contribution in [0.4, 0.5) is 18.9 Å². The van der Waals surface area contributed by atoms with Gasteiger partial charge in [-0.3, -0.25) is 4.79 Å². The van der Waals surface area contributed by atoms with Crippen LogP contribution >= 0.6 is 0 Å². The zero-order valence-electron chi connectivity index (χ0n) is 15.0. The number of amides is 1. The molecule has 28 heavy (non-hydrogen) atoms. The Hall–Kier alpha value is -2.16. The van der Waals surface area contributed by atoms with E-state index in [1.54, 1.807) is 0 Å². The monoisotopic (exact) mass is 419 g/mol. The molecule has 2 rings (SSSR count). The smallest absolute Gasteiger partial charge is 0.379 e. The van der Waals surface area contributed by atoms with Crippen molar-refractivity contribution in [2.24, 2.45) is 0 Å². The lowest BCUT2D eigenvalue weighted by molar-refractivity contribution is -0.137. The van der Waals surface area contributed by atoms with Gasteiger partial charge in [0.25, 0.3) is 5.91 Å². The summed E-state index contributed by atoms with van der Waals surface area (Å²) in [4.78, 5) is 12.3. The summed E-state index contributed by atoms with van der Waals surface area (Å²) in [6.07, 6.45) is -4.11. The van der Waals surface area contributed by atoms with Gasteiger partial charge >= 0.3 is 6.18 Å². The topological polar surface area (TPSA) is 119 Å². The molecular formula is C17H20F3N3O4S. The minimum atomic E-state index is -4.81. The molecule has 0 aliphatic carbocycles. The molecule has 1 amide bonds. The lowest BCUT2D eigenvalue weighted by Gasteiger charge is -2.27. The van der Waals surface area contributed by atoms with E-state index in [9.17, 15) is 31.5 Å². The van der Waals surface area contributed by atoms with Crippen LogP contribution < -0.4 is 10.6 Å². The van der Waals surface area contributed by atoms with Crippen molar-refractivity contribution >= 4 is 21.4 Å². The highest BCUT2D eigenvalue weighted by Crippen LogP contribution is 2.33. The van der Waals surface area contributed by atoms with Crippen LogP contribution in [0, 0.1) is 11.3 Å². The Morgan fingerprint density at radius 2 is 1.96 bits per heavy atom. The zero-order chi connectivity index (χ0) is 21.2. The molecule has 7 nitrogen and oxygen atoms in total. The highest BCUT2D eigenvalue weighted by atomic mass is 32.2. The molecule has 0 radical (unpaired) electrons. The van der Waals surface area contributed by atoms with Gasteiger partial charge < -0.3 is 15.7 Å². The predicted octanol–water partition coefficient (Wildman–Crippen LogP) is 1.43. The molecule has 1 atom stereocenters. The first-order chi connectivity index (χ1) is 12.9. The Morgan fingerprint density at radius 3 is 2.50 bits per heavy atom. The first kappa shape index (κ1) is 22.1. The van der Waals surface area contributed by atoms with Gasteiger partial charge in [-0.05, 0) is 51.1 Å². The first-order valence-corrected chi connectivity index (χ1v) is 10.2. The van der Waals surface area contributed by atoms with Crippen LogP contribution in [-0.2, 0) is 20.8 Å². The molecule has 11 heteroatoms.